The molecule has 1 aliphatic rings. The van der Waals surface area contributed by atoms with Crippen LogP contribution in [0, 0.1) is 20.8 Å². The number of aryl methyl sites for hydroxylation is 3. The quantitative estimate of drug-likeness (QED) is 0.933. The average molecular weight is 310 g/mol. The van der Waals surface area contributed by atoms with Crippen LogP contribution in [-0.4, -0.2) is 4.57 Å². The molecular weight excluding hydrogens is 284 g/mol. The second kappa shape index (κ2) is 6.32. The van der Waals surface area contributed by atoms with E-state index in [2.05, 4.69) is 32.0 Å². The molecule has 3 rings (SSSR count). The summed E-state index contributed by atoms with van der Waals surface area (Å²) in [5, 5.41) is 0. The molecular formula is C20H26N2O. The largest absolute Gasteiger partial charge is 0.320 e. The molecule has 2 N–H and O–H groups in total. The van der Waals surface area contributed by atoms with Crippen molar-refractivity contribution in [1.29, 1.82) is 0 Å². The van der Waals surface area contributed by atoms with Gasteiger partial charge in [0.15, 0.2) is 0 Å². The lowest BCUT2D eigenvalue weighted by Gasteiger charge is -2.21. The van der Waals surface area contributed by atoms with E-state index in [-0.39, 0.29) is 11.6 Å². The van der Waals surface area contributed by atoms with Crippen molar-refractivity contribution >= 4 is 0 Å². The SMILES string of the molecule is Cc1ccc(C)c(C(N)c2ccc(C)n(C3CCCC3)c2=O)c1. The van der Waals surface area contributed by atoms with Crippen LogP contribution in [0.1, 0.15) is 65.7 Å². The fourth-order valence-corrected chi connectivity index (χ4v) is 3.78. The maximum absolute atomic E-state index is 13.1. The summed E-state index contributed by atoms with van der Waals surface area (Å²) in [7, 11) is 0. The first-order chi connectivity index (χ1) is 11.0. The molecule has 0 amide bonds. The van der Waals surface area contributed by atoms with Crippen LogP contribution in [0.25, 0.3) is 0 Å². The average Bonchev–Trinajstić information content (AvgIpc) is 3.03. The lowest BCUT2D eigenvalue weighted by atomic mass is 9.94. The molecule has 1 saturated carbocycles. The van der Waals surface area contributed by atoms with Gasteiger partial charge in [-0.1, -0.05) is 36.6 Å². The molecule has 2 aromatic rings. The van der Waals surface area contributed by atoms with Gasteiger partial charge >= 0.3 is 0 Å². The molecule has 23 heavy (non-hydrogen) atoms. The Hall–Kier alpha value is -1.87. The van der Waals surface area contributed by atoms with Crippen molar-refractivity contribution in [3.05, 3.63) is 68.6 Å². The van der Waals surface area contributed by atoms with Gasteiger partial charge in [0.05, 0.1) is 6.04 Å². The van der Waals surface area contributed by atoms with Crippen molar-refractivity contribution in [3.8, 4) is 0 Å². The third kappa shape index (κ3) is 2.98. The maximum atomic E-state index is 13.1. The maximum Gasteiger partial charge on any atom is 0.256 e. The molecule has 0 aliphatic heterocycles. The van der Waals surface area contributed by atoms with Crippen LogP contribution in [0.15, 0.2) is 35.1 Å². The summed E-state index contributed by atoms with van der Waals surface area (Å²) < 4.78 is 1.98. The van der Waals surface area contributed by atoms with Crippen molar-refractivity contribution in [2.45, 2.75) is 58.5 Å². The van der Waals surface area contributed by atoms with E-state index in [1.54, 1.807) is 0 Å². The topological polar surface area (TPSA) is 48.0 Å². The molecule has 1 aromatic carbocycles. The first-order valence-electron chi connectivity index (χ1n) is 8.54. The van der Waals surface area contributed by atoms with Crippen LogP contribution in [0.3, 0.4) is 0 Å². The third-order valence-corrected chi connectivity index (χ3v) is 5.14. The minimum Gasteiger partial charge on any atom is -0.320 e. The molecule has 0 saturated heterocycles. The van der Waals surface area contributed by atoms with E-state index in [1.807, 2.05) is 23.6 Å². The Bertz CT molecular complexity index is 770. The molecule has 1 aromatic heterocycles. The third-order valence-electron chi connectivity index (χ3n) is 5.14. The Morgan fingerprint density at radius 1 is 1.04 bits per heavy atom. The van der Waals surface area contributed by atoms with Gasteiger partial charge < -0.3 is 10.3 Å². The number of hydrogen-bond donors (Lipinski definition) is 1. The zero-order valence-electron chi connectivity index (χ0n) is 14.3. The number of nitrogens with zero attached hydrogens (tertiary/aromatic N) is 1. The van der Waals surface area contributed by atoms with Crippen molar-refractivity contribution in [2.24, 2.45) is 5.73 Å². The molecule has 0 radical (unpaired) electrons. The Morgan fingerprint density at radius 2 is 1.74 bits per heavy atom. The van der Waals surface area contributed by atoms with Crippen LogP contribution in [0.4, 0.5) is 0 Å². The normalized spacial score (nSPS) is 16.7. The van der Waals surface area contributed by atoms with Crippen molar-refractivity contribution in [3.63, 3.8) is 0 Å². The van der Waals surface area contributed by atoms with Gasteiger partial charge in [-0.25, -0.2) is 0 Å². The van der Waals surface area contributed by atoms with Crippen LogP contribution in [0.5, 0.6) is 0 Å². The van der Waals surface area contributed by atoms with Crippen molar-refractivity contribution in [1.82, 2.24) is 4.57 Å². The van der Waals surface area contributed by atoms with Gasteiger partial charge in [-0.15, -0.1) is 0 Å². The molecule has 122 valence electrons. The van der Waals surface area contributed by atoms with Crippen LogP contribution < -0.4 is 11.3 Å². The van der Waals surface area contributed by atoms with Crippen LogP contribution in [0.2, 0.25) is 0 Å². The molecule has 1 fully saturated rings. The van der Waals surface area contributed by atoms with E-state index in [9.17, 15) is 4.79 Å². The van der Waals surface area contributed by atoms with E-state index < -0.39 is 0 Å². The zero-order chi connectivity index (χ0) is 16.6. The highest BCUT2D eigenvalue weighted by atomic mass is 16.1. The summed E-state index contributed by atoms with van der Waals surface area (Å²) in [5.41, 5.74) is 11.7. The van der Waals surface area contributed by atoms with E-state index in [1.165, 1.54) is 18.4 Å². The number of benzene rings is 1. The lowest BCUT2D eigenvalue weighted by molar-refractivity contribution is 0.486. The van der Waals surface area contributed by atoms with Gasteiger partial charge in [0, 0.05) is 17.3 Å². The Morgan fingerprint density at radius 3 is 2.43 bits per heavy atom. The van der Waals surface area contributed by atoms with Gasteiger partial charge in [0.2, 0.25) is 0 Å². The predicted molar refractivity (Wildman–Crippen MR) is 94.9 cm³/mol. The summed E-state index contributed by atoms with van der Waals surface area (Å²) in [5.74, 6) is 0. The number of rotatable bonds is 3. The number of aromatic nitrogens is 1. The van der Waals surface area contributed by atoms with Crippen molar-refractivity contribution < 1.29 is 0 Å². The highest BCUT2D eigenvalue weighted by molar-refractivity contribution is 5.38. The van der Waals surface area contributed by atoms with Gasteiger partial charge in [0.25, 0.3) is 5.56 Å². The molecule has 0 bridgehead atoms. The molecule has 3 nitrogen and oxygen atoms in total. The second-order valence-electron chi connectivity index (χ2n) is 6.88. The minimum absolute atomic E-state index is 0.0882. The number of hydrogen-bond acceptors (Lipinski definition) is 2. The van der Waals surface area contributed by atoms with E-state index in [0.717, 1.165) is 29.7 Å². The van der Waals surface area contributed by atoms with Crippen molar-refractivity contribution in [2.75, 3.05) is 0 Å². The van der Waals surface area contributed by atoms with Gasteiger partial charge in [-0.3, -0.25) is 4.79 Å². The Balaban J connectivity index is 2.08. The summed E-state index contributed by atoms with van der Waals surface area (Å²) in [6.45, 7) is 6.13. The molecule has 1 aliphatic carbocycles. The summed E-state index contributed by atoms with van der Waals surface area (Å²) in [6, 6.07) is 10.2. The molecule has 0 spiro atoms. The van der Waals surface area contributed by atoms with Gasteiger partial charge in [-0.2, -0.15) is 0 Å². The predicted octanol–water partition coefficient (Wildman–Crippen LogP) is 3.94. The first kappa shape index (κ1) is 16.0. The number of pyridine rings is 1. The lowest BCUT2D eigenvalue weighted by Crippen LogP contribution is -2.32. The zero-order valence-corrected chi connectivity index (χ0v) is 14.3. The minimum atomic E-state index is -0.365. The molecule has 1 atom stereocenters. The summed E-state index contributed by atoms with van der Waals surface area (Å²) >= 11 is 0. The van der Waals surface area contributed by atoms with Gasteiger partial charge in [-0.05, 0) is 56.9 Å². The molecule has 1 unspecified atom stereocenters. The standard InChI is InChI=1S/C20H26N2O/c1-13-8-9-14(2)18(12-13)19(21)17-11-10-15(3)22(20(17)23)16-6-4-5-7-16/h8-12,16,19H,4-7,21H2,1-3H3. The Kier molecular flexibility index (Phi) is 4.40. The number of nitrogens with two attached hydrogens (primary N) is 1. The highest BCUT2D eigenvalue weighted by Crippen LogP contribution is 2.30. The fourth-order valence-electron chi connectivity index (χ4n) is 3.78. The van der Waals surface area contributed by atoms with Crippen LogP contribution >= 0.6 is 0 Å². The van der Waals surface area contributed by atoms with E-state index in [0.29, 0.717) is 11.6 Å². The second-order valence-corrected chi connectivity index (χ2v) is 6.88. The van der Waals surface area contributed by atoms with E-state index in [4.69, 9.17) is 5.73 Å². The summed E-state index contributed by atoms with van der Waals surface area (Å²) in [4.78, 5) is 13.1. The highest BCUT2D eigenvalue weighted by Gasteiger charge is 2.23. The fraction of sp³-hybridized carbons (Fsp3) is 0.450. The van der Waals surface area contributed by atoms with Gasteiger partial charge in [0.1, 0.15) is 0 Å². The summed E-state index contributed by atoms with van der Waals surface area (Å²) in [6.07, 6.45) is 4.62. The first-order valence-corrected chi connectivity index (χ1v) is 8.54. The monoisotopic (exact) mass is 310 g/mol. The molecule has 3 heteroatoms. The van der Waals surface area contributed by atoms with E-state index >= 15 is 0 Å². The van der Waals surface area contributed by atoms with Crippen LogP contribution in [-0.2, 0) is 0 Å². The smallest absolute Gasteiger partial charge is 0.256 e. The molecule has 1 heterocycles. The Labute approximate surface area is 138 Å².